The van der Waals surface area contributed by atoms with Crippen molar-refractivity contribution >= 4 is 5.91 Å². The summed E-state index contributed by atoms with van der Waals surface area (Å²) in [4.78, 5) is 18.7. The van der Waals surface area contributed by atoms with Crippen LogP contribution in [-0.2, 0) is 0 Å². The Morgan fingerprint density at radius 1 is 1.19 bits per heavy atom. The van der Waals surface area contributed by atoms with Crippen LogP contribution in [0.4, 0.5) is 0 Å². The summed E-state index contributed by atoms with van der Waals surface area (Å²) in [5.41, 5.74) is 3.37. The van der Waals surface area contributed by atoms with Gasteiger partial charge >= 0.3 is 0 Å². The zero-order chi connectivity index (χ0) is 15.2. The molecule has 0 bridgehead atoms. The number of nitrogens with one attached hydrogen (secondary N) is 1. The molecule has 0 saturated heterocycles. The molecule has 1 aromatic carbocycles. The summed E-state index contributed by atoms with van der Waals surface area (Å²) < 4.78 is 0. The molecule has 0 aliphatic rings. The van der Waals surface area contributed by atoms with Gasteiger partial charge in [0.2, 0.25) is 0 Å². The van der Waals surface area contributed by atoms with Gasteiger partial charge in [0.05, 0.1) is 17.0 Å². The first-order valence-electron chi connectivity index (χ1n) is 7.06. The molecular weight excluding hydrogens is 262 g/mol. The molecule has 0 atom stereocenters. The van der Waals surface area contributed by atoms with Gasteiger partial charge in [0, 0.05) is 25.7 Å². The average molecular weight is 283 g/mol. The van der Waals surface area contributed by atoms with Gasteiger partial charge in [0.1, 0.15) is 0 Å². The Kier molecular flexibility index (Phi) is 5.06. The minimum atomic E-state index is 0.00913. The molecule has 2 aromatic rings. The largest absolute Gasteiger partial charge is 0.340 e. The summed E-state index contributed by atoms with van der Waals surface area (Å²) >= 11 is 0. The number of carbonyl (C=O) groups excluding carboxylic acids is 1. The molecule has 0 fully saturated rings. The zero-order valence-electron chi connectivity index (χ0n) is 12.8. The Hall–Kier alpha value is -2.20. The normalized spacial score (nSPS) is 10.4. The average Bonchev–Trinajstić information content (AvgIpc) is 2.52. The number of amides is 1. The fourth-order valence-electron chi connectivity index (χ4n) is 2.14. The van der Waals surface area contributed by atoms with Crippen LogP contribution in [0.25, 0.3) is 11.3 Å². The van der Waals surface area contributed by atoms with Gasteiger partial charge in [-0.3, -0.25) is 9.78 Å². The Morgan fingerprint density at radius 3 is 2.52 bits per heavy atom. The third kappa shape index (κ3) is 3.67. The Bertz CT molecular complexity index is 611. The van der Waals surface area contributed by atoms with Crippen LogP contribution in [0.2, 0.25) is 0 Å². The fourth-order valence-corrected chi connectivity index (χ4v) is 2.14. The lowest BCUT2D eigenvalue weighted by atomic mass is 10.1. The second kappa shape index (κ2) is 6.99. The number of likely N-dealkylation sites (N-methyl/N-ethyl adjacent to an activating group) is 2. The van der Waals surface area contributed by atoms with Gasteiger partial charge in [-0.25, -0.2) is 0 Å². The van der Waals surface area contributed by atoms with Crippen molar-refractivity contribution in [3.8, 4) is 11.3 Å². The van der Waals surface area contributed by atoms with Crippen molar-refractivity contribution in [3.63, 3.8) is 0 Å². The van der Waals surface area contributed by atoms with E-state index in [0.717, 1.165) is 23.5 Å². The highest BCUT2D eigenvalue weighted by atomic mass is 16.2. The van der Waals surface area contributed by atoms with E-state index in [1.165, 1.54) is 0 Å². The van der Waals surface area contributed by atoms with Gasteiger partial charge in [-0.1, -0.05) is 30.3 Å². The van der Waals surface area contributed by atoms with E-state index in [1.807, 2.05) is 63.5 Å². The van der Waals surface area contributed by atoms with Crippen LogP contribution in [0.15, 0.2) is 42.5 Å². The predicted octanol–water partition coefficient (Wildman–Crippen LogP) is 2.35. The number of hydrogen-bond acceptors (Lipinski definition) is 3. The van der Waals surface area contributed by atoms with E-state index >= 15 is 0 Å². The minimum absolute atomic E-state index is 0.00913. The molecule has 110 valence electrons. The maximum Gasteiger partial charge on any atom is 0.255 e. The smallest absolute Gasteiger partial charge is 0.255 e. The molecule has 0 radical (unpaired) electrons. The molecule has 0 spiro atoms. The topological polar surface area (TPSA) is 45.2 Å². The number of pyridine rings is 1. The summed E-state index contributed by atoms with van der Waals surface area (Å²) in [7, 11) is 3.68. The molecule has 21 heavy (non-hydrogen) atoms. The lowest BCUT2D eigenvalue weighted by Crippen LogP contribution is -2.33. The molecule has 1 N–H and O–H groups in total. The number of aromatic nitrogens is 1. The van der Waals surface area contributed by atoms with Crippen molar-refractivity contribution in [1.82, 2.24) is 15.2 Å². The highest BCUT2D eigenvalue weighted by molar-refractivity contribution is 5.95. The zero-order valence-corrected chi connectivity index (χ0v) is 12.8. The molecule has 0 aliphatic carbocycles. The molecule has 4 nitrogen and oxygen atoms in total. The SMILES string of the molecule is CNCCN(C)C(=O)c1ccc(-c2ccccc2)nc1C. The van der Waals surface area contributed by atoms with Crippen molar-refractivity contribution in [2.75, 3.05) is 27.2 Å². The highest BCUT2D eigenvalue weighted by Crippen LogP contribution is 2.19. The molecular formula is C17H21N3O. The van der Waals surface area contributed by atoms with E-state index in [0.29, 0.717) is 12.1 Å². The van der Waals surface area contributed by atoms with Crippen LogP contribution >= 0.6 is 0 Å². The minimum Gasteiger partial charge on any atom is -0.340 e. The number of carbonyl (C=O) groups is 1. The third-order valence-electron chi connectivity index (χ3n) is 3.43. The van der Waals surface area contributed by atoms with Crippen molar-refractivity contribution in [2.24, 2.45) is 0 Å². The molecule has 0 unspecified atom stereocenters. The van der Waals surface area contributed by atoms with Gasteiger partial charge in [-0.15, -0.1) is 0 Å². The number of rotatable bonds is 5. The maximum absolute atomic E-state index is 12.4. The van der Waals surface area contributed by atoms with Crippen LogP contribution in [0.3, 0.4) is 0 Å². The van der Waals surface area contributed by atoms with E-state index in [2.05, 4.69) is 10.3 Å². The van der Waals surface area contributed by atoms with E-state index in [9.17, 15) is 4.79 Å². The van der Waals surface area contributed by atoms with Gasteiger partial charge in [0.25, 0.3) is 5.91 Å². The fraction of sp³-hybridized carbons (Fsp3) is 0.294. The van der Waals surface area contributed by atoms with Crippen LogP contribution in [0.5, 0.6) is 0 Å². The van der Waals surface area contributed by atoms with E-state index in [-0.39, 0.29) is 5.91 Å². The molecule has 1 heterocycles. The number of hydrogen-bond donors (Lipinski definition) is 1. The second-order valence-electron chi connectivity index (χ2n) is 5.03. The van der Waals surface area contributed by atoms with Gasteiger partial charge < -0.3 is 10.2 Å². The molecule has 4 heteroatoms. The predicted molar refractivity (Wildman–Crippen MR) is 85.3 cm³/mol. The van der Waals surface area contributed by atoms with Crippen molar-refractivity contribution in [3.05, 3.63) is 53.7 Å². The first kappa shape index (κ1) is 15.2. The van der Waals surface area contributed by atoms with Crippen LogP contribution in [-0.4, -0.2) is 43.0 Å². The lowest BCUT2D eigenvalue weighted by molar-refractivity contribution is 0.0795. The van der Waals surface area contributed by atoms with E-state index < -0.39 is 0 Å². The molecule has 0 aliphatic heterocycles. The van der Waals surface area contributed by atoms with E-state index in [4.69, 9.17) is 0 Å². The number of nitrogens with zero attached hydrogens (tertiary/aromatic N) is 2. The summed E-state index contributed by atoms with van der Waals surface area (Å²) in [5.74, 6) is 0.00913. The standard InChI is InChI=1S/C17H21N3O/c1-13-15(17(21)20(3)12-11-18-2)9-10-16(19-13)14-7-5-4-6-8-14/h4-10,18H,11-12H2,1-3H3. The van der Waals surface area contributed by atoms with Crippen LogP contribution in [0.1, 0.15) is 16.1 Å². The summed E-state index contributed by atoms with van der Waals surface area (Å²) in [6.45, 7) is 3.33. The first-order chi connectivity index (χ1) is 10.1. The lowest BCUT2D eigenvalue weighted by Gasteiger charge is -2.18. The maximum atomic E-state index is 12.4. The van der Waals surface area contributed by atoms with Gasteiger partial charge in [-0.2, -0.15) is 0 Å². The summed E-state index contributed by atoms with van der Waals surface area (Å²) in [5, 5.41) is 3.04. The first-order valence-corrected chi connectivity index (χ1v) is 7.06. The monoisotopic (exact) mass is 283 g/mol. The quantitative estimate of drug-likeness (QED) is 0.916. The highest BCUT2D eigenvalue weighted by Gasteiger charge is 2.15. The van der Waals surface area contributed by atoms with Crippen LogP contribution in [0, 0.1) is 6.92 Å². The van der Waals surface area contributed by atoms with E-state index in [1.54, 1.807) is 4.90 Å². The Labute approximate surface area is 125 Å². The number of benzene rings is 1. The van der Waals surface area contributed by atoms with Gasteiger partial charge in [-0.05, 0) is 26.1 Å². The van der Waals surface area contributed by atoms with Crippen molar-refractivity contribution < 1.29 is 4.79 Å². The summed E-state index contributed by atoms with van der Waals surface area (Å²) in [6, 6.07) is 13.7. The summed E-state index contributed by atoms with van der Waals surface area (Å²) in [6.07, 6.45) is 0. The van der Waals surface area contributed by atoms with Crippen LogP contribution < -0.4 is 5.32 Å². The van der Waals surface area contributed by atoms with Crippen molar-refractivity contribution in [1.29, 1.82) is 0 Å². The van der Waals surface area contributed by atoms with Gasteiger partial charge in [0.15, 0.2) is 0 Å². The number of aryl methyl sites for hydroxylation is 1. The molecule has 1 amide bonds. The molecule has 1 aromatic heterocycles. The Balaban J connectivity index is 2.22. The van der Waals surface area contributed by atoms with Crippen molar-refractivity contribution in [2.45, 2.75) is 6.92 Å². The third-order valence-corrected chi connectivity index (χ3v) is 3.43. The second-order valence-corrected chi connectivity index (χ2v) is 5.03. The molecule has 2 rings (SSSR count). The molecule has 0 saturated carbocycles. The Morgan fingerprint density at radius 2 is 1.90 bits per heavy atom.